The van der Waals surface area contributed by atoms with Crippen molar-refractivity contribution in [2.24, 2.45) is 0 Å². The van der Waals surface area contributed by atoms with Gasteiger partial charge in [-0.3, -0.25) is 9.97 Å². The lowest BCUT2D eigenvalue weighted by Crippen LogP contribution is -2.06. The van der Waals surface area contributed by atoms with Gasteiger partial charge < -0.3 is 14.9 Å². The molecule has 0 atom stereocenters. The summed E-state index contributed by atoms with van der Waals surface area (Å²) in [5.74, 6) is -0.603. The maximum atomic E-state index is 11.8. The van der Waals surface area contributed by atoms with Gasteiger partial charge in [0.15, 0.2) is 0 Å². The van der Waals surface area contributed by atoms with Crippen LogP contribution in [0.25, 0.3) is 6.08 Å². The highest BCUT2D eigenvalue weighted by atomic mass is 32.1. The molecule has 0 spiro atoms. The minimum Gasteiger partial charge on any atom is -0.505 e. The standard InChI is InChI=1S/C15H16N2O4S/c1-9(2)3-12-14(19)11(6-18)10(4-17-12)7-21-15(20)13-5-16-8-22-13/h3-5,8,18-19H,6-7H2,1-2H3. The quantitative estimate of drug-likeness (QED) is 0.822. The van der Waals surface area contributed by atoms with E-state index in [1.54, 1.807) is 6.08 Å². The van der Waals surface area contributed by atoms with Gasteiger partial charge in [-0.05, 0) is 19.9 Å². The van der Waals surface area contributed by atoms with Gasteiger partial charge in [-0.25, -0.2) is 4.79 Å². The third-order valence-electron chi connectivity index (χ3n) is 2.85. The third kappa shape index (κ3) is 3.69. The van der Waals surface area contributed by atoms with Crippen molar-refractivity contribution in [1.82, 2.24) is 9.97 Å². The molecule has 0 saturated carbocycles. The molecule has 0 aliphatic carbocycles. The lowest BCUT2D eigenvalue weighted by molar-refractivity contribution is 0.0475. The van der Waals surface area contributed by atoms with Gasteiger partial charge in [0, 0.05) is 17.3 Å². The van der Waals surface area contributed by atoms with Crippen LogP contribution in [-0.2, 0) is 18.0 Å². The second-order valence-corrected chi connectivity index (χ2v) is 5.70. The number of carbonyl (C=O) groups excluding carboxylic acids is 1. The van der Waals surface area contributed by atoms with Gasteiger partial charge in [0.25, 0.3) is 0 Å². The van der Waals surface area contributed by atoms with Gasteiger partial charge in [0.2, 0.25) is 0 Å². The average Bonchev–Trinajstić information content (AvgIpc) is 3.01. The van der Waals surface area contributed by atoms with Gasteiger partial charge in [-0.1, -0.05) is 5.57 Å². The van der Waals surface area contributed by atoms with Crippen LogP contribution in [0.1, 0.15) is 40.3 Å². The van der Waals surface area contributed by atoms with Crippen LogP contribution in [0.15, 0.2) is 23.5 Å². The van der Waals surface area contributed by atoms with Crippen molar-refractivity contribution in [2.75, 3.05) is 0 Å². The lowest BCUT2D eigenvalue weighted by atomic mass is 10.1. The number of hydrogen-bond donors (Lipinski definition) is 2. The zero-order chi connectivity index (χ0) is 16.1. The van der Waals surface area contributed by atoms with E-state index >= 15 is 0 Å². The number of aliphatic hydroxyl groups excluding tert-OH is 1. The Labute approximate surface area is 131 Å². The predicted molar refractivity (Wildman–Crippen MR) is 82.4 cm³/mol. The first-order chi connectivity index (χ1) is 10.5. The Morgan fingerprint density at radius 3 is 2.77 bits per heavy atom. The monoisotopic (exact) mass is 320 g/mol. The second kappa shape index (κ2) is 7.15. The average molecular weight is 320 g/mol. The fourth-order valence-corrected chi connectivity index (χ4v) is 2.32. The molecular weight excluding hydrogens is 304 g/mol. The first-order valence-corrected chi connectivity index (χ1v) is 7.42. The highest BCUT2D eigenvalue weighted by Gasteiger charge is 2.15. The Morgan fingerprint density at radius 2 is 2.18 bits per heavy atom. The number of ether oxygens (including phenoxy) is 1. The molecule has 0 fully saturated rings. The van der Waals surface area contributed by atoms with E-state index in [0.29, 0.717) is 21.7 Å². The molecule has 2 aromatic rings. The maximum Gasteiger partial charge on any atom is 0.350 e. The first kappa shape index (κ1) is 16.1. The van der Waals surface area contributed by atoms with Gasteiger partial charge >= 0.3 is 5.97 Å². The van der Waals surface area contributed by atoms with E-state index in [2.05, 4.69) is 9.97 Å². The highest BCUT2D eigenvalue weighted by molar-refractivity contribution is 7.11. The highest BCUT2D eigenvalue weighted by Crippen LogP contribution is 2.27. The minimum absolute atomic E-state index is 0.0811. The van der Waals surface area contributed by atoms with Crippen molar-refractivity contribution < 1.29 is 19.7 Å². The number of thiazole rings is 1. The molecule has 6 nitrogen and oxygen atoms in total. The van der Waals surface area contributed by atoms with Crippen molar-refractivity contribution in [3.05, 3.63) is 45.2 Å². The molecule has 0 unspecified atom stereocenters. The second-order valence-electron chi connectivity index (χ2n) is 4.82. The molecule has 2 rings (SSSR count). The van der Waals surface area contributed by atoms with Crippen LogP contribution in [0.3, 0.4) is 0 Å². The van der Waals surface area contributed by atoms with E-state index in [9.17, 15) is 15.0 Å². The molecule has 7 heteroatoms. The SMILES string of the molecule is CC(C)=Cc1ncc(COC(=O)c2cncs2)c(CO)c1O. The summed E-state index contributed by atoms with van der Waals surface area (Å²) >= 11 is 1.18. The Balaban J connectivity index is 2.19. The van der Waals surface area contributed by atoms with Gasteiger partial charge in [0.1, 0.15) is 22.9 Å². The topological polar surface area (TPSA) is 92.5 Å². The molecule has 22 heavy (non-hydrogen) atoms. The molecule has 0 amide bonds. The van der Waals surface area contributed by atoms with Crippen LogP contribution in [-0.4, -0.2) is 26.2 Å². The fourth-order valence-electron chi connectivity index (χ4n) is 1.80. The summed E-state index contributed by atoms with van der Waals surface area (Å²) in [6, 6.07) is 0. The van der Waals surface area contributed by atoms with E-state index in [-0.39, 0.29) is 19.0 Å². The van der Waals surface area contributed by atoms with E-state index < -0.39 is 5.97 Å². The predicted octanol–water partition coefficient (Wildman–Crippen LogP) is 2.52. The number of aliphatic hydroxyl groups is 1. The first-order valence-electron chi connectivity index (χ1n) is 6.54. The van der Waals surface area contributed by atoms with Gasteiger partial charge in [0.05, 0.1) is 18.3 Å². The molecule has 2 aromatic heterocycles. The number of pyridine rings is 1. The summed E-state index contributed by atoms with van der Waals surface area (Å²) in [5, 5.41) is 19.6. The number of aromatic hydroxyl groups is 1. The van der Waals surface area contributed by atoms with Crippen LogP contribution < -0.4 is 0 Å². The summed E-state index contributed by atoms with van der Waals surface area (Å²) in [7, 11) is 0. The summed E-state index contributed by atoms with van der Waals surface area (Å²) in [4.78, 5) is 20.1. The smallest absolute Gasteiger partial charge is 0.350 e. The molecule has 0 saturated heterocycles. The van der Waals surface area contributed by atoms with Crippen molar-refractivity contribution >= 4 is 23.4 Å². The van der Waals surface area contributed by atoms with Crippen LogP contribution in [0, 0.1) is 0 Å². The van der Waals surface area contributed by atoms with Crippen molar-refractivity contribution in [2.45, 2.75) is 27.1 Å². The molecule has 0 radical (unpaired) electrons. The number of allylic oxidation sites excluding steroid dienone is 1. The van der Waals surface area contributed by atoms with Crippen LogP contribution in [0.5, 0.6) is 5.75 Å². The number of aromatic nitrogens is 2. The molecule has 0 aliphatic heterocycles. The summed E-state index contributed by atoms with van der Waals surface area (Å²) < 4.78 is 5.14. The van der Waals surface area contributed by atoms with E-state index in [1.165, 1.54) is 29.2 Å². The van der Waals surface area contributed by atoms with Gasteiger partial charge in [-0.2, -0.15) is 0 Å². The van der Waals surface area contributed by atoms with E-state index in [1.807, 2.05) is 13.8 Å². The molecule has 0 bridgehead atoms. The molecule has 116 valence electrons. The lowest BCUT2D eigenvalue weighted by Gasteiger charge is -2.11. The van der Waals surface area contributed by atoms with Crippen molar-refractivity contribution in [3.63, 3.8) is 0 Å². The van der Waals surface area contributed by atoms with Gasteiger partial charge in [-0.15, -0.1) is 11.3 Å². The molecular formula is C15H16N2O4S. The molecule has 2 N–H and O–H groups in total. The number of nitrogens with zero attached hydrogens (tertiary/aromatic N) is 2. The molecule has 2 heterocycles. The fraction of sp³-hybridized carbons (Fsp3) is 0.267. The van der Waals surface area contributed by atoms with Crippen molar-refractivity contribution in [1.29, 1.82) is 0 Å². The van der Waals surface area contributed by atoms with E-state index in [4.69, 9.17) is 4.74 Å². The Hall–Kier alpha value is -2.25. The summed E-state index contributed by atoms with van der Waals surface area (Å²) in [6.45, 7) is 3.31. The molecule has 0 aromatic carbocycles. The zero-order valence-electron chi connectivity index (χ0n) is 12.2. The Bertz CT molecular complexity index is 692. The Morgan fingerprint density at radius 1 is 1.41 bits per heavy atom. The zero-order valence-corrected chi connectivity index (χ0v) is 13.1. The van der Waals surface area contributed by atoms with E-state index in [0.717, 1.165) is 5.57 Å². The number of rotatable bonds is 5. The normalized spacial score (nSPS) is 10.3. The third-order valence-corrected chi connectivity index (χ3v) is 3.60. The number of hydrogen-bond acceptors (Lipinski definition) is 7. The number of carbonyl (C=O) groups is 1. The van der Waals surface area contributed by atoms with Crippen LogP contribution in [0.2, 0.25) is 0 Å². The maximum absolute atomic E-state index is 11.8. The minimum atomic E-state index is -0.501. The summed E-state index contributed by atoms with van der Waals surface area (Å²) in [5.41, 5.74) is 3.65. The Kier molecular flexibility index (Phi) is 5.24. The van der Waals surface area contributed by atoms with Crippen LogP contribution >= 0.6 is 11.3 Å². The molecule has 0 aliphatic rings. The summed E-state index contributed by atoms with van der Waals surface area (Å²) in [6.07, 6.45) is 4.62. The van der Waals surface area contributed by atoms with Crippen LogP contribution in [0.4, 0.5) is 0 Å². The largest absolute Gasteiger partial charge is 0.505 e. The van der Waals surface area contributed by atoms with Crippen molar-refractivity contribution in [3.8, 4) is 5.75 Å². The number of esters is 1.